The number of rotatable bonds is 6. The predicted molar refractivity (Wildman–Crippen MR) is 89.6 cm³/mol. The van der Waals surface area contributed by atoms with Gasteiger partial charge in [-0.15, -0.1) is 6.58 Å². The Labute approximate surface area is 147 Å². The molecule has 0 radical (unpaired) electrons. The fraction of sp³-hybridized carbons (Fsp3) is 0.250. The number of halogens is 1. The molecule has 1 aliphatic heterocycles. The molecule has 0 aromatic heterocycles. The summed E-state index contributed by atoms with van der Waals surface area (Å²) in [4.78, 5) is 50.8. The van der Waals surface area contributed by atoms with Crippen molar-refractivity contribution in [3.63, 3.8) is 0 Å². The highest BCUT2D eigenvalue weighted by atomic mass is 79.9. The van der Waals surface area contributed by atoms with Gasteiger partial charge in [0.15, 0.2) is 0 Å². The molecule has 1 saturated heterocycles. The van der Waals surface area contributed by atoms with Crippen molar-refractivity contribution in [3.05, 3.63) is 47.0 Å². The van der Waals surface area contributed by atoms with Crippen molar-refractivity contribution >= 4 is 39.7 Å². The van der Waals surface area contributed by atoms with Crippen molar-refractivity contribution in [2.24, 2.45) is 0 Å². The molecule has 0 atom stereocenters. The van der Waals surface area contributed by atoms with Crippen molar-refractivity contribution in [2.75, 3.05) is 20.1 Å². The maximum atomic E-state index is 12.3. The number of carbonyl (C=O) groups excluding carboxylic acids is 4. The average molecular weight is 394 g/mol. The van der Waals surface area contributed by atoms with E-state index in [1.807, 2.05) is 24.3 Å². The summed E-state index contributed by atoms with van der Waals surface area (Å²) in [5.41, 5.74) is 0.886. The van der Waals surface area contributed by atoms with E-state index in [4.69, 9.17) is 0 Å². The van der Waals surface area contributed by atoms with Crippen LogP contribution in [0.25, 0.3) is 0 Å². The molecule has 0 N–H and O–H groups in total. The number of benzene rings is 1. The Hall–Kier alpha value is -2.48. The molecule has 0 unspecified atom stereocenters. The van der Waals surface area contributed by atoms with Gasteiger partial charge in [0.1, 0.15) is 6.54 Å². The average Bonchev–Trinajstić information content (AvgIpc) is 2.75. The molecule has 126 valence electrons. The second kappa shape index (κ2) is 7.39. The van der Waals surface area contributed by atoms with E-state index in [9.17, 15) is 19.2 Å². The Balaban J connectivity index is 2.05. The molecular weight excluding hydrogens is 378 g/mol. The van der Waals surface area contributed by atoms with Crippen LogP contribution in [0.1, 0.15) is 5.56 Å². The van der Waals surface area contributed by atoms with Crippen LogP contribution in [-0.2, 0) is 20.9 Å². The van der Waals surface area contributed by atoms with Gasteiger partial charge in [0.25, 0.3) is 0 Å². The van der Waals surface area contributed by atoms with Gasteiger partial charge in [0.05, 0.1) is 0 Å². The van der Waals surface area contributed by atoms with Crippen molar-refractivity contribution in [1.29, 1.82) is 0 Å². The number of hydrogen-bond acceptors (Lipinski definition) is 4. The monoisotopic (exact) mass is 393 g/mol. The Morgan fingerprint density at radius 2 is 1.83 bits per heavy atom. The van der Waals surface area contributed by atoms with Crippen LogP contribution in [0, 0.1) is 0 Å². The van der Waals surface area contributed by atoms with Crippen LogP contribution in [0.5, 0.6) is 0 Å². The first-order chi connectivity index (χ1) is 11.4. The molecule has 0 spiro atoms. The number of amides is 5. The van der Waals surface area contributed by atoms with Crippen LogP contribution in [-0.4, -0.2) is 58.6 Å². The van der Waals surface area contributed by atoms with E-state index in [0.717, 1.165) is 14.9 Å². The van der Waals surface area contributed by atoms with E-state index in [0.29, 0.717) is 11.4 Å². The van der Waals surface area contributed by atoms with Gasteiger partial charge in [-0.25, -0.2) is 9.69 Å². The summed E-state index contributed by atoms with van der Waals surface area (Å²) in [6.07, 6.45) is 1.34. The molecule has 24 heavy (non-hydrogen) atoms. The second-order valence-electron chi connectivity index (χ2n) is 5.22. The fourth-order valence-electron chi connectivity index (χ4n) is 2.21. The highest BCUT2D eigenvalue weighted by Crippen LogP contribution is 2.18. The van der Waals surface area contributed by atoms with E-state index in [1.54, 1.807) is 7.05 Å². The van der Waals surface area contributed by atoms with Crippen LogP contribution in [0.2, 0.25) is 0 Å². The van der Waals surface area contributed by atoms with Gasteiger partial charge in [0, 0.05) is 24.6 Å². The highest BCUT2D eigenvalue weighted by Gasteiger charge is 2.44. The van der Waals surface area contributed by atoms with E-state index in [-0.39, 0.29) is 6.54 Å². The van der Waals surface area contributed by atoms with Crippen molar-refractivity contribution in [1.82, 2.24) is 14.7 Å². The number of urea groups is 1. The number of likely N-dealkylation sites (N-methyl/N-ethyl adjacent to an activating group) is 1. The Morgan fingerprint density at radius 3 is 2.46 bits per heavy atom. The second-order valence-corrected chi connectivity index (χ2v) is 6.07. The molecule has 1 heterocycles. The Kier molecular flexibility index (Phi) is 5.50. The van der Waals surface area contributed by atoms with Crippen molar-refractivity contribution in [3.8, 4) is 0 Å². The normalized spacial score (nSPS) is 14.3. The minimum atomic E-state index is -0.996. The topological polar surface area (TPSA) is 78.0 Å². The highest BCUT2D eigenvalue weighted by molar-refractivity contribution is 9.10. The first-order valence-electron chi connectivity index (χ1n) is 7.12. The lowest BCUT2D eigenvalue weighted by Crippen LogP contribution is -2.42. The van der Waals surface area contributed by atoms with Crippen LogP contribution in [0.15, 0.2) is 41.4 Å². The summed E-state index contributed by atoms with van der Waals surface area (Å²) < 4.78 is 0.852. The fourth-order valence-corrected chi connectivity index (χ4v) is 2.62. The number of carbonyl (C=O) groups is 4. The maximum Gasteiger partial charge on any atom is 0.335 e. The maximum absolute atomic E-state index is 12.3. The van der Waals surface area contributed by atoms with Gasteiger partial charge in [-0.05, 0) is 11.6 Å². The van der Waals surface area contributed by atoms with E-state index < -0.39 is 30.3 Å². The third-order valence-corrected chi connectivity index (χ3v) is 4.30. The molecule has 1 fully saturated rings. The molecule has 0 saturated carbocycles. The lowest BCUT2D eigenvalue weighted by molar-refractivity contribution is -0.144. The van der Waals surface area contributed by atoms with E-state index >= 15 is 0 Å². The summed E-state index contributed by atoms with van der Waals surface area (Å²) in [6, 6.07) is 6.62. The van der Waals surface area contributed by atoms with Gasteiger partial charge in [-0.2, -0.15) is 0 Å². The molecule has 0 bridgehead atoms. The third-order valence-electron chi connectivity index (χ3n) is 3.53. The molecule has 7 nitrogen and oxygen atoms in total. The lowest BCUT2D eigenvalue weighted by Gasteiger charge is -2.21. The molecule has 0 aliphatic carbocycles. The minimum absolute atomic E-state index is 0.0686. The number of imide groups is 2. The summed E-state index contributed by atoms with van der Waals surface area (Å²) in [5, 5.41) is 0. The molecule has 1 aromatic rings. The van der Waals surface area contributed by atoms with Crippen molar-refractivity contribution in [2.45, 2.75) is 6.54 Å². The Bertz CT molecular complexity index is 719. The smallest absolute Gasteiger partial charge is 0.335 e. The minimum Gasteiger partial charge on any atom is -0.340 e. The van der Waals surface area contributed by atoms with Crippen LogP contribution in [0.4, 0.5) is 4.79 Å². The lowest BCUT2D eigenvalue weighted by atomic mass is 10.2. The quantitative estimate of drug-likeness (QED) is 0.415. The SMILES string of the molecule is C=CCN1C(=O)C(=O)N(CC(=O)N(C)Cc2ccccc2Br)C1=O. The molecule has 1 aliphatic rings. The Morgan fingerprint density at radius 1 is 1.21 bits per heavy atom. The summed E-state index contributed by atoms with van der Waals surface area (Å²) >= 11 is 3.40. The molecule has 1 aromatic carbocycles. The molecular formula is C16H16BrN3O4. The third kappa shape index (κ3) is 3.53. The van der Waals surface area contributed by atoms with Crippen LogP contribution in [0.3, 0.4) is 0 Å². The zero-order valence-electron chi connectivity index (χ0n) is 13.1. The van der Waals surface area contributed by atoms with Gasteiger partial charge in [-0.3, -0.25) is 19.3 Å². The largest absolute Gasteiger partial charge is 0.340 e. The van der Waals surface area contributed by atoms with Crippen molar-refractivity contribution < 1.29 is 19.2 Å². The van der Waals surface area contributed by atoms with Gasteiger partial charge >= 0.3 is 17.8 Å². The molecule has 2 rings (SSSR count). The number of nitrogens with zero attached hydrogens (tertiary/aromatic N) is 3. The van der Waals surface area contributed by atoms with Crippen LogP contribution < -0.4 is 0 Å². The molecule has 8 heteroatoms. The van der Waals surface area contributed by atoms with Gasteiger partial charge in [-0.1, -0.05) is 40.2 Å². The van der Waals surface area contributed by atoms with Crippen LogP contribution >= 0.6 is 15.9 Å². The number of hydrogen-bond donors (Lipinski definition) is 0. The van der Waals surface area contributed by atoms with E-state index in [2.05, 4.69) is 22.5 Å². The summed E-state index contributed by atoms with van der Waals surface area (Å²) in [5.74, 6) is -2.38. The zero-order chi connectivity index (χ0) is 17.9. The first-order valence-corrected chi connectivity index (χ1v) is 7.91. The molecule has 5 amide bonds. The zero-order valence-corrected chi connectivity index (χ0v) is 14.7. The summed E-state index contributed by atoms with van der Waals surface area (Å²) in [6.45, 7) is 3.20. The first kappa shape index (κ1) is 17.9. The van der Waals surface area contributed by atoms with Gasteiger partial charge < -0.3 is 4.90 Å². The standard InChI is InChI=1S/C16H16BrN3O4/c1-3-8-19-14(22)15(23)20(16(19)24)10-13(21)18(2)9-11-6-4-5-7-12(11)17/h3-7H,1,8-10H2,2H3. The summed E-state index contributed by atoms with van der Waals surface area (Å²) in [7, 11) is 1.57. The predicted octanol–water partition coefficient (Wildman–Crippen LogP) is 1.38. The van der Waals surface area contributed by atoms with Gasteiger partial charge in [0.2, 0.25) is 5.91 Å². The van der Waals surface area contributed by atoms with E-state index in [1.165, 1.54) is 11.0 Å².